The Morgan fingerprint density at radius 3 is 2.18 bits per heavy atom. The molecule has 0 saturated heterocycles. The molecule has 1 aromatic carbocycles. The monoisotopic (exact) mass is 309 g/mol. The first kappa shape index (κ1) is 18.9. The average molecular weight is 309 g/mol. The second-order valence-corrected chi connectivity index (χ2v) is 6.46. The summed E-state index contributed by atoms with van der Waals surface area (Å²) in [5.74, 6) is 1.36. The number of aliphatic hydroxyl groups is 1. The maximum atomic E-state index is 10.2. The van der Waals surface area contributed by atoms with Crippen LogP contribution in [0.2, 0.25) is 0 Å². The highest BCUT2D eigenvalue weighted by Crippen LogP contribution is 2.14. The van der Waals surface area contributed by atoms with Crippen molar-refractivity contribution in [1.82, 2.24) is 4.90 Å². The number of methoxy groups -OCH3 is 1. The lowest BCUT2D eigenvalue weighted by atomic mass is 10.1. The highest BCUT2D eigenvalue weighted by Gasteiger charge is 2.15. The van der Waals surface area contributed by atoms with Crippen LogP contribution < -0.4 is 4.74 Å². The summed E-state index contributed by atoms with van der Waals surface area (Å²) >= 11 is 0. The van der Waals surface area contributed by atoms with Gasteiger partial charge in [0.15, 0.2) is 0 Å². The summed E-state index contributed by atoms with van der Waals surface area (Å²) in [7, 11) is 1.67. The summed E-state index contributed by atoms with van der Waals surface area (Å²) in [6, 6.07) is 8.43. The summed E-state index contributed by atoms with van der Waals surface area (Å²) in [6.45, 7) is 11.0. The Morgan fingerprint density at radius 2 is 1.68 bits per heavy atom. The molecular formula is C18H31NO3. The van der Waals surface area contributed by atoms with E-state index in [9.17, 15) is 5.11 Å². The third-order valence-corrected chi connectivity index (χ3v) is 3.48. The number of hydrogen-bond acceptors (Lipinski definition) is 4. The number of ether oxygens (including phenoxy) is 2. The minimum Gasteiger partial charge on any atom is -0.497 e. The average Bonchev–Trinajstić information content (AvgIpc) is 2.46. The minimum absolute atomic E-state index is 0.363. The second kappa shape index (κ2) is 9.82. The van der Waals surface area contributed by atoms with Crippen molar-refractivity contribution in [3.8, 4) is 5.75 Å². The standard InChI is InChI=1S/C18H31NO3/c1-14(2)12-22-13-17(20)11-19(15(3)4)10-16-6-8-18(21-5)9-7-16/h6-9,14-15,17,20H,10-13H2,1-5H3/t17-/m1/s1. The molecular weight excluding hydrogens is 278 g/mol. The zero-order valence-electron chi connectivity index (χ0n) is 14.6. The molecule has 1 aromatic rings. The van der Waals surface area contributed by atoms with Gasteiger partial charge in [-0.1, -0.05) is 26.0 Å². The Labute approximate surface area is 135 Å². The molecule has 1 N–H and O–H groups in total. The zero-order valence-corrected chi connectivity index (χ0v) is 14.6. The van der Waals surface area contributed by atoms with Gasteiger partial charge in [-0.25, -0.2) is 0 Å². The van der Waals surface area contributed by atoms with E-state index in [0.717, 1.165) is 12.3 Å². The van der Waals surface area contributed by atoms with Gasteiger partial charge in [-0.3, -0.25) is 4.90 Å². The molecule has 4 nitrogen and oxygen atoms in total. The van der Waals surface area contributed by atoms with Crippen molar-refractivity contribution in [1.29, 1.82) is 0 Å². The van der Waals surface area contributed by atoms with Crippen LogP contribution in [0.3, 0.4) is 0 Å². The summed E-state index contributed by atoms with van der Waals surface area (Å²) in [6.07, 6.45) is -0.459. The summed E-state index contributed by atoms with van der Waals surface area (Å²) in [5, 5.41) is 10.2. The molecule has 0 heterocycles. The molecule has 0 aliphatic heterocycles. The van der Waals surface area contributed by atoms with Gasteiger partial charge in [-0.05, 0) is 37.5 Å². The van der Waals surface area contributed by atoms with Crippen LogP contribution in [-0.4, -0.2) is 49.0 Å². The first-order valence-corrected chi connectivity index (χ1v) is 8.05. The number of benzene rings is 1. The fourth-order valence-corrected chi connectivity index (χ4v) is 2.19. The Morgan fingerprint density at radius 1 is 1.05 bits per heavy atom. The molecule has 126 valence electrons. The Balaban J connectivity index is 2.50. The molecule has 0 aromatic heterocycles. The lowest BCUT2D eigenvalue weighted by Gasteiger charge is -2.29. The molecule has 0 aliphatic rings. The van der Waals surface area contributed by atoms with Crippen molar-refractivity contribution in [2.45, 2.75) is 46.4 Å². The van der Waals surface area contributed by atoms with E-state index in [-0.39, 0.29) is 0 Å². The maximum absolute atomic E-state index is 10.2. The molecule has 22 heavy (non-hydrogen) atoms. The van der Waals surface area contributed by atoms with Crippen LogP contribution in [0.25, 0.3) is 0 Å². The zero-order chi connectivity index (χ0) is 16.5. The normalized spacial score (nSPS) is 13.1. The van der Waals surface area contributed by atoms with Crippen LogP contribution in [0, 0.1) is 5.92 Å². The van der Waals surface area contributed by atoms with Gasteiger partial charge in [0.1, 0.15) is 5.75 Å². The van der Waals surface area contributed by atoms with Crippen LogP contribution in [0.5, 0.6) is 5.75 Å². The van der Waals surface area contributed by atoms with E-state index in [2.05, 4.69) is 44.7 Å². The summed E-state index contributed by atoms with van der Waals surface area (Å²) in [5.41, 5.74) is 1.21. The molecule has 0 fully saturated rings. The van der Waals surface area contributed by atoms with Crippen molar-refractivity contribution >= 4 is 0 Å². The Hall–Kier alpha value is -1.10. The first-order chi connectivity index (χ1) is 10.4. The number of hydrogen-bond donors (Lipinski definition) is 1. The highest BCUT2D eigenvalue weighted by atomic mass is 16.5. The van der Waals surface area contributed by atoms with Crippen molar-refractivity contribution < 1.29 is 14.6 Å². The number of aliphatic hydroxyl groups excluding tert-OH is 1. The second-order valence-electron chi connectivity index (χ2n) is 6.46. The molecule has 1 atom stereocenters. The van der Waals surface area contributed by atoms with E-state index in [1.807, 2.05) is 12.1 Å². The lowest BCUT2D eigenvalue weighted by molar-refractivity contribution is 0.00174. The highest BCUT2D eigenvalue weighted by molar-refractivity contribution is 5.27. The molecule has 0 spiro atoms. The van der Waals surface area contributed by atoms with Gasteiger partial charge >= 0.3 is 0 Å². The minimum atomic E-state index is -0.459. The summed E-state index contributed by atoms with van der Waals surface area (Å²) in [4.78, 5) is 2.26. The van der Waals surface area contributed by atoms with Crippen LogP contribution in [0.1, 0.15) is 33.3 Å². The maximum Gasteiger partial charge on any atom is 0.118 e. The van der Waals surface area contributed by atoms with Crippen LogP contribution in [-0.2, 0) is 11.3 Å². The van der Waals surface area contributed by atoms with Gasteiger partial charge in [0, 0.05) is 25.7 Å². The van der Waals surface area contributed by atoms with Gasteiger partial charge < -0.3 is 14.6 Å². The Bertz CT molecular complexity index is 403. The Kier molecular flexibility index (Phi) is 8.46. The van der Waals surface area contributed by atoms with E-state index in [0.29, 0.717) is 31.7 Å². The molecule has 0 amide bonds. The van der Waals surface area contributed by atoms with E-state index < -0.39 is 6.10 Å². The predicted molar refractivity (Wildman–Crippen MR) is 90.2 cm³/mol. The van der Waals surface area contributed by atoms with Crippen molar-refractivity contribution in [3.63, 3.8) is 0 Å². The molecule has 0 aliphatic carbocycles. The van der Waals surface area contributed by atoms with Gasteiger partial charge in [-0.2, -0.15) is 0 Å². The topological polar surface area (TPSA) is 41.9 Å². The number of nitrogens with zero attached hydrogens (tertiary/aromatic N) is 1. The quantitative estimate of drug-likeness (QED) is 0.721. The van der Waals surface area contributed by atoms with Gasteiger partial charge in [0.25, 0.3) is 0 Å². The predicted octanol–water partition coefficient (Wildman–Crippen LogP) is 2.94. The third kappa shape index (κ3) is 7.25. The van der Waals surface area contributed by atoms with Gasteiger partial charge in [-0.15, -0.1) is 0 Å². The van der Waals surface area contributed by atoms with E-state index in [1.165, 1.54) is 5.56 Å². The number of rotatable bonds is 10. The molecule has 0 bridgehead atoms. The molecule has 1 rings (SSSR count). The largest absolute Gasteiger partial charge is 0.497 e. The van der Waals surface area contributed by atoms with E-state index in [1.54, 1.807) is 7.11 Å². The van der Waals surface area contributed by atoms with Crippen LogP contribution in [0.15, 0.2) is 24.3 Å². The fraction of sp³-hybridized carbons (Fsp3) is 0.667. The van der Waals surface area contributed by atoms with Crippen molar-refractivity contribution in [2.75, 3.05) is 26.9 Å². The van der Waals surface area contributed by atoms with E-state index >= 15 is 0 Å². The molecule has 0 unspecified atom stereocenters. The smallest absolute Gasteiger partial charge is 0.118 e. The SMILES string of the molecule is COc1ccc(CN(C[C@@H](O)COCC(C)C)C(C)C)cc1. The van der Waals surface area contributed by atoms with Crippen LogP contribution >= 0.6 is 0 Å². The van der Waals surface area contributed by atoms with Crippen molar-refractivity contribution in [3.05, 3.63) is 29.8 Å². The van der Waals surface area contributed by atoms with Crippen LogP contribution in [0.4, 0.5) is 0 Å². The molecule has 4 heteroatoms. The third-order valence-electron chi connectivity index (χ3n) is 3.48. The lowest BCUT2D eigenvalue weighted by Crippen LogP contribution is -2.39. The first-order valence-electron chi connectivity index (χ1n) is 8.05. The fourth-order valence-electron chi connectivity index (χ4n) is 2.19. The molecule has 0 radical (unpaired) electrons. The van der Waals surface area contributed by atoms with Gasteiger partial charge in [0.05, 0.1) is 19.8 Å². The van der Waals surface area contributed by atoms with Crippen molar-refractivity contribution in [2.24, 2.45) is 5.92 Å². The van der Waals surface area contributed by atoms with E-state index in [4.69, 9.17) is 9.47 Å². The molecule has 0 saturated carbocycles. The summed E-state index contributed by atoms with van der Waals surface area (Å²) < 4.78 is 10.7. The van der Waals surface area contributed by atoms with Gasteiger partial charge in [0.2, 0.25) is 0 Å².